The first-order chi connectivity index (χ1) is 14.5. The van der Waals surface area contributed by atoms with Gasteiger partial charge in [0.25, 0.3) is 0 Å². The SMILES string of the molecule is CC(CNC(=O)C(Cc1ccccc1)NC(=O)OCc1ccccc1)N(C)C1CC1. The molecule has 3 rings (SSSR count). The smallest absolute Gasteiger partial charge is 0.408 e. The molecule has 1 aliphatic carbocycles. The van der Waals surface area contributed by atoms with Gasteiger partial charge in [-0.2, -0.15) is 0 Å². The first kappa shape index (κ1) is 21.8. The van der Waals surface area contributed by atoms with E-state index in [4.69, 9.17) is 4.74 Å². The molecule has 6 nitrogen and oxygen atoms in total. The molecule has 1 saturated carbocycles. The number of rotatable bonds is 10. The number of ether oxygens (including phenoxy) is 1. The van der Waals surface area contributed by atoms with Crippen LogP contribution < -0.4 is 10.6 Å². The van der Waals surface area contributed by atoms with Gasteiger partial charge in [-0.05, 0) is 37.9 Å². The van der Waals surface area contributed by atoms with Crippen molar-refractivity contribution in [2.75, 3.05) is 13.6 Å². The molecular weight excluding hydrogens is 378 g/mol. The Morgan fingerprint density at radius 1 is 1.03 bits per heavy atom. The van der Waals surface area contributed by atoms with Crippen molar-refractivity contribution in [1.82, 2.24) is 15.5 Å². The molecule has 2 aromatic carbocycles. The van der Waals surface area contributed by atoms with Gasteiger partial charge in [0.1, 0.15) is 12.6 Å². The van der Waals surface area contributed by atoms with Crippen LogP contribution in [-0.2, 0) is 22.6 Å². The molecule has 0 radical (unpaired) electrons. The zero-order valence-electron chi connectivity index (χ0n) is 17.7. The van der Waals surface area contributed by atoms with Crippen molar-refractivity contribution in [3.05, 3.63) is 71.8 Å². The Balaban J connectivity index is 1.56. The van der Waals surface area contributed by atoms with Crippen molar-refractivity contribution >= 4 is 12.0 Å². The molecule has 30 heavy (non-hydrogen) atoms. The Bertz CT molecular complexity index is 809. The molecule has 0 aromatic heterocycles. The number of benzene rings is 2. The topological polar surface area (TPSA) is 70.7 Å². The summed E-state index contributed by atoms with van der Waals surface area (Å²) >= 11 is 0. The van der Waals surface area contributed by atoms with Crippen molar-refractivity contribution in [2.24, 2.45) is 0 Å². The molecule has 1 aliphatic rings. The lowest BCUT2D eigenvalue weighted by atomic mass is 10.1. The number of alkyl carbamates (subject to hydrolysis) is 1. The lowest BCUT2D eigenvalue weighted by Crippen LogP contribution is -2.51. The fourth-order valence-corrected chi connectivity index (χ4v) is 3.32. The van der Waals surface area contributed by atoms with Crippen LogP contribution in [0.4, 0.5) is 4.79 Å². The van der Waals surface area contributed by atoms with Crippen LogP contribution in [0, 0.1) is 0 Å². The predicted octanol–water partition coefficient (Wildman–Crippen LogP) is 3.12. The highest BCUT2D eigenvalue weighted by Crippen LogP contribution is 2.26. The number of carbonyl (C=O) groups is 2. The highest BCUT2D eigenvalue weighted by atomic mass is 16.5. The van der Waals surface area contributed by atoms with E-state index in [1.54, 1.807) is 0 Å². The van der Waals surface area contributed by atoms with E-state index in [2.05, 4.69) is 29.5 Å². The lowest BCUT2D eigenvalue weighted by molar-refractivity contribution is -0.123. The monoisotopic (exact) mass is 409 g/mol. The van der Waals surface area contributed by atoms with Gasteiger partial charge in [0.15, 0.2) is 0 Å². The van der Waals surface area contributed by atoms with E-state index >= 15 is 0 Å². The van der Waals surface area contributed by atoms with E-state index < -0.39 is 12.1 Å². The molecule has 2 aromatic rings. The number of likely N-dealkylation sites (N-methyl/N-ethyl adjacent to an activating group) is 1. The van der Waals surface area contributed by atoms with Crippen molar-refractivity contribution in [2.45, 2.75) is 50.9 Å². The molecule has 0 spiro atoms. The largest absolute Gasteiger partial charge is 0.445 e. The van der Waals surface area contributed by atoms with Crippen LogP contribution in [-0.4, -0.2) is 48.6 Å². The molecule has 2 unspecified atom stereocenters. The third-order valence-electron chi connectivity index (χ3n) is 5.49. The van der Waals surface area contributed by atoms with Gasteiger partial charge in [-0.25, -0.2) is 4.79 Å². The predicted molar refractivity (Wildman–Crippen MR) is 117 cm³/mol. The summed E-state index contributed by atoms with van der Waals surface area (Å²) in [6.45, 7) is 2.81. The molecule has 2 amide bonds. The molecule has 0 aliphatic heterocycles. The lowest BCUT2D eigenvalue weighted by Gasteiger charge is -2.26. The summed E-state index contributed by atoms with van der Waals surface area (Å²) in [4.78, 5) is 27.5. The summed E-state index contributed by atoms with van der Waals surface area (Å²) in [5.74, 6) is -0.202. The summed E-state index contributed by atoms with van der Waals surface area (Å²) in [6.07, 6.45) is 2.25. The minimum Gasteiger partial charge on any atom is -0.445 e. The van der Waals surface area contributed by atoms with Crippen LogP contribution in [0.2, 0.25) is 0 Å². The summed E-state index contributed by atoms with van der Waals surface area (Å²) in [7, 11) is 2.09. The van der Waals surface area contributed by atoms with E-state index in [9.17, 15) is 9.59 Å². The fourth-order valence-electron chi connectivity index (χ4n) is 3.32. The highest BCUT2D eigenvalue weighted by molar-refractivity contribution is 5.85. The van der Waals surface area contributed by atoms with E-state index in [0.29, 0.717) is 19.0 Å². The van der Waals surface area contributed by atoms with E-state index in [1.807, 2.05) is 60.7 Å². The van der Waals surface area contributed by atoms with Gasteiger partial charge in [0.05, 0.1) is 0 Å². The molecule has 0 bridgehead atoms. The maximum absolute atomic E-state index is 12.9. The summed E-state index contributed by atoms with van der Waals surface area (Å²) in [6, 6.07) is 19.3. The first-order valence-electron chi connectivity index (χ1n) is 10.5. The minimum atomic E-state index is -0.700. The normalized spacial score (nSPS) is 15.3. The minimum absolute atomic E-state index is 0.162. The Labute approximate surface area is 178 Å². The Kier molecular flexibility index (Phi) is 7.85. The van der Waals surface area contributed by atoms with Crippen molar-refractivity contribution < 1.29 is 14.3 Å². The van der Waals surface area contributed by atoms with E-state index in [0.717, 1.165) is 11.1 Å². The third kappa shape index (κ3) is 6.88. The number of hydrogen-bond donors (Lipinski definition) is 2. The first-order valence-corrected chi connectivity index (χ1v) is 10.5. The van der Waals surface area contributed by atoms with Crippen LogP contribution in [0.1, 0.15) is 30.9 Å². The second-order valence-electron chi connectivity index (χ2n) is 7.94. The third-order valence-corrected chi connectivity index (χ3v) is 5.49. The number of nitrogens with one attached hydrogen (secondary N) is 2. The van der Waals surface area contributed by atoms with Gasteiger partial charge in [0, 0.05) is 25.0 Å². The second kappa shape index (κ2) is 10.8. The average Bonchev–Trinajstić information content (AvgIpc) is 3.62. The Morgan fingerprint density at radius 3 is 2.23 bits per heavy atom. The van der Waals surface area contributed by atoms with Gasteiger partial charge >= 0.3 is 6.09 Å². The van der Waals surface area contributed by atoms with E-state index in [1.165, 1.54) is 12.8 Å². The standard InChI is InChI=1S/C24H31N3O3/c1-18(27(2)21-13-14-21)16-25-23(28)22(15-19-9-5-3-6-10-19)26-24(29)30-17-20-11-7-4-8-12-20/h3-12,18,21-22H,13-17H2,1-2H3,(H,25,28)(H,26,29). The van der Waals surface area contributed by atoms with Gasteiger partial charge in [-0.15, -0.1) is 0 Å². The molecule has 6 heteroatoms. The maximum atomic E-state index is 12.9. The van der Waals surface area contributed by atoms with Crippen LogP contribution in [0.3, 0.4) is 0 Å². The van der Waals surface area contributed by atoms with Gasteiger partial charge in [-0.1, -0.05) is 60.7 Å². The Morgan fingerprint density at radius 2 is 1.63 bits per heavy atom. The number of hydrogen-bond acceptors (Lipinski definition) is 4. The van der Waals surface area contributed by atoms with Gasteiger partial charge < -0.3 is 15.4 Å². The number of amides is 2. The quantitative estimate of drug-likeness (QED) is 0.633. The maximum Gasteiger partial charge on any atom is 0.408 e. The Hall–Kier alpha value is -2.86. The fraction of sp³-hybridized carbons (Fsp3) is 0.417. The summed E-state index contributed by atoms with van der Waals surface area (Å²) < 4.78 is 5.31. The zero-order chi connectivity index (χ0) is 21.3. The van der Waals surface area contributed by atoms with Crippen LogP contribution in [0.15, 0.2) is 60.7 Å². The van der Waals surface area contributed by atoms with Gasteiger partial charge in [-0.3, -0.25) is 9.69 Å². The molecule has 160 valence electrons. The molecule has 2 atom stereocenters. The summed E-state index contributed by atoms with van der Waals surface area (Å²) in [5.41, 5.74) is 1.87. The number of carbonyl (C=O) groups excluding carboxylic acids is 2. The zero-order valence-corrected chi connectivity index (χ0v) is 17.7. The highest BCUT2D eigenvalue weighted by Gasteiger charge is 2.30. The van der Waals surface area contributed by atoms with Crippen molar-refractivity contribution in [3.8, 4) is 0 Å². The number of nitrogens with zero attached hydrogens (tertiary/aromatic N) is 1. The molecule has 0 saturated heterocycles. The van der Waals surface area contributed by atoms with Crippen LogP contribution in [0.5, 0.6) is 0 Å². The molecule has 1 fully saturated rings. The summed E-state index contributed by atoms with van der Waals surface area (Å²) in [5, 5.41) is 5.73. The molecule has 0 heterocycles. The van der Waals surface area contributed by atoms with Gasteiger partial charge in [0.2, 0.25) is 5.91 Å². The van der Waals surface area contributed by atoms with Crippen molar-refractivity contribution in [1.29, 1.82) is 0 Å². The van der Waals surface area contributed by atoms with Crippen molar-refractivity contribution in [3.63, 3.8) is 0 Å². The second-order valence-corrected chi connectivity index (χ2v) is 7.94. The van der Waals surface area contributed by atoms with E-state index in [-0.39, 0.29) is 18.6 Å². The average molecular weight is 410 g/mol. The van der Waals surface area contributed by atoms with Crippen LogP contribution in [0.25, 0.3) is 0 Å². The van der Waals surface area contributed by atoms with Crippen LogP contribution >= 0.6 is 0 Å². The molecular formula is C24H31N3O3. The molecule has 2 N–H and O–H groups in total.